The lowest BCUT2D eigenvalue weighted by molar-refractivity contribution is -0.115. The molecular weight excluding hydrogens is 232 g/mol. The minimum Gasteiger partial charge on any atom is -0.366 e. The second-order valence-electron chi connectivity index (χ2n) is 3.82. The molecular formula is C13H14N2O3. The molecule has 94 valence electrons. The van der Waals surface area contributed by atoms with Crippen LogP contribution >= 0.6 is 0 Å². The number of hydrogen-bond donors (Lipinski definition) is 2. The smallest absolute Gasteiger partial charge is 0.251 e. The molecule has 0 aromatic heterocycles. The molecule has 0 aliphatic carbocycles. The molecule has 18 heavy (non-hydrogen) atoms. The summed E-state index contributed by atoms with van der Waals surface area (Å²) in [5, 5.41) is 2.59. The second-order valence-corrected chi connectivity index (χ2v) is 3.82. The topological polar surface area (TPSA) is 89.3 Å². The first-order chi connectivity index (χ1) is 8.40. The minimum atomic E-state index is -0.672. The molecule has 0 fully saturated rings. The third-order valence-electron chi connectivity index (χ3n) is 2.27. The lowest BCUT2D eigenvalue weighted by atomic mass is 10.1. The van der Waals surface area contributed by atoms with Crippen LogP contribution in [0.1, 0.15) is 24.2 Å². The van der Waals surface area contributed by atoms with Gasteiger partial charge in [0.1, 0.15) is 0 Å². The second kappa shape index (κ2) is 5.77. The number of primary amides is 1. The van der Waals surface area contributed by atoms with Crippen molar-refractivity contribution in [2.24, 2.45) is 5.73 Å². The summed E-state index contributed by atoms with van der Waals surface area (Å²) in [4.78, 5) is 33.3. The summed E-state index contributed by atoms with van der Waals surface area (Å²) < 4.78 is 0. The highest BCUT2D eigenvalue weighted by Gasteiger charge is 2.06. The SMILES string of the molecule is CC(=O)c1ccc(NC(=O)/C(C)=C\C(N)=O)cc1. The molecule has 0 spiro atoms. The number of amides is 2. The van der Waals surface area contributed by atoms with Crippen molar-refractivity contribution in [2.75, 3.05) is 5.32 Å². The van der Waals surface area contributed by atoms with E-state index in [1.165, 1.54) is 13.8 Å². The van der Waals surface area contributed by atoms with Gasteiger partial charge in [-0.2, -0.15) is 0 Å². The molecule has 0 aliphatic heterocycles. The quantitative estimate of drug-likeness (QED) is 0.619. The number of nitrogens with one attached hydrogen (secondary N) is 1. The summed E-state index contributed by atoms with van der Waals surface area (Å²) >= 11 is 0. The van der Waals surface area contributed by atoms with E-state index in [1.807, 2.05) is 0 Å². The van der Waals surface area contributed by atoms with Crippen molar-refractivity contribution in [3.63, 3.8) is 0 Å². The van der Waals surface area contributed by atoms with Crippen molar-refractivity contribution < 1.29 is 14.4 Å². The van der Waals surface area contributed by atoms with Crippen molar-refractivity contribution in [3.8, 4) is 0 Å². The fraction of sp³-hybridized carbons (Fsp3) is 0.154. The molecule has 5 heteroatoms. The van der Waals surface area contributed by atoms with Gasteiger partial charge in [0.05, 0.1) is 0 Å². The van der Waals surface area contributed by atoms with Gasteiger partial charge >= 0.3 is 0 Å². The van der Waals surface area contributed by atoms with Crippen molar-refractivity contribution in [1.82, 2.24) is 0 Å². The van der Waals surface area contributed by atoms with Crippen LogP contribution in [0.4, 0.5) is 5.69 Å². The molecule has 2 amide bonds. The summed E-state index contributed by atoms with van der Waals surface area (Å²) in [6.07, 6.45) is 1.05. The van der Waals surface area contributed by atoms with E-state index in [9.17, 15) is 14.4 Å². The van der Waals surface area contributed by atoms with E-state index in [2.05, 4.69) is 5.32 Å². The van der Waals surface area contributed by atoms with E-state index < -0.39 is 11.8 Å². The highest BCUT2D eigenvalue weighted by molar-refractivity contribution is 6.07. The number of ketones is 1. The molecule has 0 saturated carbocycles. The summed E-state index contributed by atoms with van der Waals surface area (Å²) in [6, 6.07) is 6.47. The normalized spacial score (nSPS) is 10.9. The molecule has 1 aromatic carbocycles. The maximum Gasteiger partial charge on any atom is 0.251 e. The van der Waals surface area contributed by atoms with Gasteiger partial charge < -0.3 is 11.1 Å². The molecule has 0 saturated heterocycles. The fourth-order valence-electron chi connectivity index (χ4n) is 1.30. The Morgan fingerprint density at radius 3 is 2.11 bits per heavy atom. The Morgan fingerprint density at radius 1 is 1.11 bits per heavy atom. The Hall–Kier alpha value is -2.43. The maximum absolute atomic E-state index is 11.6. The zero-order valence-electron chi connectivity index (χ0n) is 10.2. The van der Waals surface area contributed by atoms with Crippen LogP contribution in [0.5, 0.6) is 0 Å². The van der Waals surface area contributed by atoms with Crippen molar-refractivity contribution in [2.45, 2.75) is 13.8 Å². The molecule has 1 aromatic rings. The van der Waals surface area contributed by atoms with Crippen molar-refractivity contribution >= 4 is 23.3 Å². The largest absolute Gasteiger partial charge is 0.366 e. The summed E-state index contributed by atoms with van der Waals surface area (Å²) in [5.74, 6) is -1.13. The Kier molecular flexibility index (Phi) is 4.37. The average molecular weight is 246 g/mol. The van der Waals surface area contributed by atoms with Gasteiger partial charge in [0.25, 0.3) is 5.91 Å². The number of hydrogen-bond acceptors (Lipinski definition) is 3. The Morgan fingerprint density at radius 2 is 1.67 bits per heavy atom. The third kappa shape index (κ3) is 3.86. The number of benzene rings is 1. The summed E-state index contributed by atoms with van der Waals surface area (Å²) in [6.45, 7) is 2.96. The molecule has 1 rings (SSSR count). The number of carbonyl (C=O) groups excluding carboxylic acids is 3. The fourth-order valence-corrected chi connectivity index (χ4v) is 1.30. The van der Waals surface area contributed by atoms with Crippen LogP contribution < -0.4 is 11.1 Å². The average Bonchev–Trinajstić information content (AvgIpc) is 2.28. The van der Waals surface area contributed by atoms with Crippen LogP contribution in [0.25, 0.3) is 0 Å². The van der Waals surface area contributed by atoms with E-state index in [0.717, 1.165) is 6.08 Å². The predicted octanol–water partition coefficient (Wildman–Crippen LogP) is 1.26. The van der Waals surface area contributed by atoms with E-state index in [4.69, 9.17) is 5.73 Å². The minimum absolute atomic E-state index is 0.0438. The number of carbonyl (C=O) groups is 3. The Bertz CT molecular complexity index is 516. The monoisotopic (exact) mass is 246 g/mol. The van der Waals surface area contributed by atoms with E-state index in [1.54, 1.807) is 24.3 Å². The molecule has 0 heterocycles. The van der Waals surface area contributed by atoms with Gasteiger partial charge in [0, 0.05) is 22.9 Å². The van der Waals surface area contributed by atoms with Crippen LogP contribution in [0.2, 0.25) is 0 Å². The van der Waals surface area contributed by atoms with E-state index >= 15 is 0 Å². The zero-order valence-corrected chi connectivity index (χ0v) is 10.2. The highest BCUT2D eigenvalue weighted by Crippen LogP contribution is 2.11. The van der Waals surface area contributed by atoms with Gasteiger partial charge in [-0.1, -0.05) is 0 Å². The van der Waals surface area contributed by atoms with Gasteiger partial charge in [-0.25, -0.2) is 0 Å². The van der Waals surface area contributed by atoms with E-state index in [-0.39, 0.29) is 11.4 Å². The van der Waals surface area contributed by atoms with E-state index in [0.29, 0.717) is 11.3 Å². The van der Waals surface area contributed by atoms with Crippen molar-refractivity contribution in [1.29, 1.82) is 0 Å². The molecule has 0 atom stereocenters. The molecule has 0 unspecified atom stereocenters. The summed E-state index contributed by atoms with van der Waals surface area (Å²) in [7, 11) is 0. The number of nitrogens with two attached hydrogens (primary N) is 1. The molecule has 5 nitrogen and oxygen atoms in total. The van der Waals surface area contributed by atoms with Gasteiger partial charge in [0.15, 0.2) is 5.78 Å². The standard InChI is InChI=1S/C13H14N2O3/c1-8(7-12(14)17)13(18)15-11-5-3-10(4-6-11)9(2)16/h3-7H,1-2H3,(H2,14,17)(H,15,18)/b8-7-. The number of rotatable bonds is 4. The first-order valence-corrected chi connectivity index (χ1v) is 5.30. The van der Waals surface area contributed by atoms with Crippen LogP contribution in [0.15, 0.2) is 35.9 Å². The van der Waals surface area contributed by atoms with Crippen LogP contribution in [-0.2, 0) is 9.59 Å². The maximum atomic E-state index is 11.6. The first kappa shape index (κ1) is 13.6. The zero-order chi connectivity index (χ0) is 13.7. The third-order valence-corrected chi connectivity index (χ3v) is 2.27. The van der Waals surface area contributed by atoms with Crippen LogP contribution in [0.3, 0.4) is 0 Å². The molecule has 3 N–H and O–H groups in total. The Labute approximate surface area is 105 Å². The number of Topliss-reactive ketones (excluding diaryl/α,β-unsaturated/α-hetero) is 1. The van der Waals surface area contributed by atoms with Gasteiger partial charge in [-0.15, -0.1) is 0 Å². The first-order valence-electron chi connectivity index (χ1n) is 5.30. The van der Waals surface area contributed by atoms with Crippen molar-refractivity contribution in [3.05, 3.63) is 41.5 Å². The van der Waals surface area contributed by atoms with Crippen LogP contribution in [-0.4, -0.2) is 17.6 Å². The van der Waals surface area contributed by atoms with Crippen LogP contribution in [0, 0.1) is 0 Å². The lowest BCUT2D eigenvalue weighted by Crippen LogP contribution is -2.16. The van der Waals surface area contributed by atoms with Gasteiger partial charge in [-0.05, 0) is 38.1 Å². The lowest BCUT2D eigenvalue weighted by Gasteiger charge is -2.05. The highest BCUT2D eigenvalue weighted by atomic mass is 16.2. The Balaban J connectivity index is 2.76. The van der Waals surface area contributed by atoms with Gasteiger partial charge in [0.2, 0.25) is 5.91 Å². The predicted molar refractivity (Wildman–Crippen MR) is 68.0 cm³/mol. The summed E-state index contributed by atoms with van der Waals surface area (Å²) in [5.41, 5.74) is 6.28. The number of anilines is 1. The van der Waals surface area contributed by atoms with Gasteiger partial charge in [-0.3, -0.25) is 14.4 Å². The molecule has 0 radical (unpaired) electrons. The molecule has 0 bridgehead atoms. The molecule has 0 aliphatic rings.